The monoisotopic (exact) mass is 434 g/mol. The third-order valence-corrected chi connectivity index (χ3v) is 7.39. The van der Waals surface area contributed by atoms with Crippen molar-refractivity contribution in [3.05, 3.63) is 83.9 Å². The quantitative estimate of drug-likeness (QED) is 0.629. The van der Waals surface area contributed by atoms with Gasteiger partial charge in [0.15, 0.2) is 0 Å². The zero-order valence-corrected chi connectivity index (χ0v) is 18.5. The first kappa shape index (κ1) is 21.1. The van der Waals surface area contributed by atoms with Gasteiger partial charge in [0.2, 0.25) is 5.91 Å². The summed E-state index contributed by atoms with van der Waals surface area (Å²) in [6, 6.07) is 22.6. The average molecular weight is 435 g/mol. The minimum Gasteiger partial charge on any atom is -0.352 e. The van der Waals surface area contributed by atoms with Gasteiger partial charge in [-0.3, -0.25) is 9.10 Å². The molecule has 0 saturated carbocycles. The Morgan fingerprint density at radius 1 is 0.968 bits per heavy atom. The summed E-state index contributed by atoms with van der Waals surface area (Å²) in [5.41, 5.74) is 4.29. The Morgan fingerprint density at radius 2 is 1.68 bits per heavy atom. The minimum atomic E-state index is -3.82. The molecule has 0 aromatic heterocycles. The van der Waals surface area contributed by atoms with E-state index in [4.69, 9.17) is 0 Å². The van der Waals surface area contributed by atoms with Gasteiger partial charge in [-0.15, -0.1) is 0 Å². The van der Waals surface area contributed by atoms with Crippen molar-refractivity contribution in [2.75, 3.05) is 10.8 Å². The molecule has 3 aromatic carbocycles. The molecule has 1 N–H and O–H groups in total. The Kier molecular flexibility index (Phi) is 5.83. The molecule has 6 heteroatoms. The van der Waals surface area contributed by atoms with Crippen molar-refractivity contribution < 1.29 is 13.2 Å². The zero-order valence-electron chi connectivity index (χ0n) is 17.7. The molecule has 4 rings (SSSR count). The van der Waals surface area contributed by atoms with Crippen LogP contribution in [0, 0.1) is 6.92 Å². The van der Waals surface area contributed by atoms with Crippen LogP contribution in [0.4, 0.5) is 5.69 Å². The van der Waals surface area contributed by atoms with E-state index in [1.54, 1.807) is 18.2 Å². The van der Waals surface area contributed by atoms with E-state index in [1.807, 2.05) is 56.3 Å². The third-order valence-electron chi connectivity index (χ3n) is 5.57. The molecule has 1 atom stereocenters. The number of benzene rings is 3. The summed E-state index contributed by atoms with van der Waals surface area (Å²) < 4.78 is 27.9. The van der Waals surface area contributed by atoms with Crippen molar-refractivity contribution in [3.8, 4) is 11.1 Å². The van der Waals surface area contributed by atoms with Crippen molar-refractivity contribution in [1.82, 2.24) is 5.32 Å². The highest BCUT2D eigenvalue weighted by molar-refractivity contribution is 7.93. The average Bonchev–Trinajstić information content (AvgIpc) is 2.76. The lowest BCUT2D eigenvalue weighted by Gasteiger charge is -2.32. The molecule has 0 unspecified atom stereocenters. The van der Waals surface area contributed by atoms with Gasteiger partial charge in [0.05, 0.1) is 10.6 Å². The van der Waals surface area contributed by atoms with Crippen LogP contribution < -0.4 is 9.62 Å². The summed E-state index contributed by atoms with van der Waals surface area (Å²) in [5, 5.41) is 2.96. The van der Waals surface area contributed by atoms with Gasteiger partial charge in [-0.2, -0.15) is 0 Å². The summed E-state index contributed by atoms with van der Waals surface area (Å²) in [6.45, 7) is 3.66. The fraction of sp³-hybridized carbons (Fsp3) is 0.240. The first-order chi connectivity index (χ1) is 14.9. The molecule has 31 heavy (non-hydrogen) atoms. The molecule has 0 bridgehead atoms. The number of nitrogens with one attached hydrogen (secondary N) is 1. The van der Waals surface area contributed by atoms with E-state index in [9.17, 15) is 13.2 Å². The molecule has 1 aliphatic heterocycles. The van der Waals surface area contributed by atoms with Gasteiger partial charge in [0.1, 0.15) is 6.54 Å². The Hall–Kier alpha value is -3.12. The highest BCUT2D eigenvalue weighted by atomic mass is 32.2. The number of amides is 1. The van der Waals surface area contributed by atoms with Crippen molar-refractivity contribution in [3.63, 3.8) is 0 Å². The van der Waals surface area contributed by atoms with Crippen LogP contribution in [0.1, 0.15) is 24.5 Å². The summed E-state index contributed by atoms with van der Waals surface area (Å²) in [6.07, 6.45) is 1.63. The molecule has 1 heterocycles. The van der Waals surface area contributed by atoms with Gasteiger partial charge in [-0.25, -0.2) is 8.42 Å². The van der Waals surface area contributed by atoms with Gasteiger partial charge in [0.25, 0.3) is 10.0 Å². The molecular weight excluding hydrogens is 408 g/mol. The number of hydrogen-bond acceptors (Lipinski definition) is 3. The Labute approximate surface area is 183 Å². The molecule has 160 valence electrons. The topological polar surface area (TPSA) is 66.5 Å². The molecule has 3 aromatic rings. The molecule has 5 nitrogen and oxygen atoms in total. The van der Waals surface area contributed by atoms with Crippen molar-refractivity contribution in [2.24, 2.45) is 0 Å². The summed E-state index contributed by atoms with van der Waals surface area (Å²) in [4.78, 5) is 13.0. The van der Waals surface area contributed by atoms with Gasteiger partial charge in [0, 0.05) is 17.2 Å². The van der Waals surface area contributed by atoms with E-state index < -0.39 is 10.0 Å². The highest BCUT2D eigenvalue weighted by Gasteiger charge is 2.35. The minimum absolute atomic E-state index is 0.0648. The second kappa shape index (κ2) is 8.55. The van der Waals surface area contributed by atoms with E-state index in [1.165, 1.54) is 9.87 Å². The Morgan fingerprint density at radius 3 is 2.45 bits per heavy atom. The smallest absolute Gasteiger partial charge is 0.265 e. The maximum absolute atomic E-state index is 13.3. The van der Waals surface area contributed by atoms with Gasteiger partial charge >= 0.3 is 0 Å². The van der Waals surface area contributed by atoms with E-state index in [-0.39, 0.29) is 23.4 Å². The number of carbonyl (C=O) groups excluding carboxylic acids is 1. The maximum atomic E-state index is 13.3. The lowest BCUT2D eigenvalue weighted by molar-refractivity contribution is -0.120. The molecule has 0 spiro atoms. The number of rotatable bonds is 6. The second-order valence-electron chi connectivity index (χ2n) is 8.02. The molecule has 0 saturated heterocycles. The number of fused-ring (bicyclic) bond motifs is 3. The van der Waals surface area contributed by atoms with E-state index >= 15 is 0 Å². The SMILES string of the molecule is Cc1ccc2c(c1)-c1ccccc1S(=O)(=O)N2CC(=O)N[C@@H](C)CCc1ccccc1. The van der Waals surface area contributed by atoms with E-state index in [0.29, 0.717) is 11.3 Å². The van der Waals surface area contributed by atoms with Crippen LogP contribution in [-0.4, -0.2) is 26.9 Å². The molecule has 0 fully saturated rings. The van der Waals surface area contributed by atoms with Crippen LogP contribution in [-0.2, 0) is 21.2 Å². The number of carbonyl (C=O) groups is 1. The normalized spacial score (nSPS) is 15.0. The fourth-order valence-electron chi connectivity index (χ4n) is 3.97. The summed E-state index contributed by atoms with van der Waals surface area (Å²) in [7, 11) is -3.82. The largest absolute Gasteiger partial charge is 0.352 e. The van der Waals surface area contributed by atoms with Crippen LogP contribution in [0.2, 0.25) is 0 Å². The summed E-state index contributed by atoms with van der Waals surface area (Å²) in [5.74, 6) is -0.310. The number of nitrogens with zero attached hydrogens (tertiary/aromatic N) is 1. The molecule has 1 amide bonds. The second-order valence-corrected chi connectivity index (χ2v) is 9.85. The van der Waals surface area contributed by atoms with E-state index in [2.05, 4.69) is 17.4 Å². The van der Waals surface area contributed by atoms with E-state index in [0.717, 1.165) is 24.0 Å². The Balaban J connectivity index is 1.53. The predicted octanol–water partition coefficient (Wildman–Crippen LogP) is 4.31. The number of sulfonamides is 1. The van der Waals surface area contributed by atoms with Crippen LogP contribution in [0.15, 0.2) is 77.7 Å². The van der Waals surface area contributed by atoms with Gasteiger partial charge < -0.3 is 5.32 Å². The molecule has 1 aliphatic rings. The first-order valence-corrected chi connectivity index (χ1v) is 11.9. The number of aryl methyl sites for hydroxylation is 2. The van der Waals surface area contributed by atoms with Crippen LogP contribution >= 0.6 is 0 Å². The predicted molar refractivity (Wildman–Crippen MR) is 124 cm³/mol. The van der Waals surface area contributed by atoms with Crippen LogP contribution in [0.3, 0.4) is 0 Å². The fourth-order valence-corrected chi connectivity index (χ4v) is 5.62. The Bertz CT molecular complexity index is 1210. The molecular formula is C25H26N2O3S. The summed E-state index contributed by atoms with van der Waals surface area (Å²) >= 11 is 0. The number of hydrogen-bond donors (Lipinski definition) is 1. The lowest BCUT2D eigenvalue weighted by Crippen LogP contribution is -2.44. The lowest BCUT2D eigenvalue weighted by atomic mass is 10.0. The molecule has 0 aliphatic carbocycles. The standard InChI is InChI=1S/C25H26N2O3S/c1-18-12-15-23-22(16-18)21-10-6-7-11-24(21)31(29,30)27(23)17-25(28)26-19(2)13-14-20-8-4-3-5-9-20/h3-12,15-16,19H,13-14,17H2,1-2H3,(H,26,28)/t19-/m0/s1. The number of anilines is 1. The van der Waals surface area contributed by atoms with Crippen LogP contribution in [0.5, 0.6) is 0 Å². The van der Waals surface area contributed by atoms with Crippen LogP contribution in [0.25, 0.3) is 11.1 Å². The first-order valence-electron chi connectivity index (χ1n) is 10.4. The zero-order chi connectivity index (χ0) is 22.0. The van der Waals surface area contributed by atoms with Crippen molar-refractivity contribution in [2.45, 2.75) is 37.6 Å². The highest BCUT2D eigenvalue weighted by Crippen LogP contribution is 2.43. The third kappa shape index (κ3) is 4.35. The maximum Gasteiger partial charge on any atom is 0.265 e. The van der Waals surface area contributed by atoms with Gasteiger partial charge in [-0.05, 0) is 50.5 Å². The molecule has 0 radical (unpaired) electrons. The van der Waals surface area contributed by atoms with Gasteiger partial charge in [-0.1, -0.05) is 60.2 Å². The van der Waals surface area contributed by atoms with Crippen molar-refractivity contribution in [1.29, 1.82) is 0 Å². The van der Waals surface area contributed by atoms with Crippen molar-refractivity contribution >= 4 is 21.6 Å².